The number of carbonyl (C=O) groups excluding carboxylic acids is 1. The van der Waals surface area contributed by atoms with Gasteiger partial charge < -0.3 is 10.1 Å². The van der Waals surface area contributed by atoms with Crippen molar-refractivity contribution in [3.8, 4) is 5.75 Å². The van der Waals surface area contributed by atoms with Gasteiger partial charge in [0.2, 0.25) is 0 Å². The van der Waals surface area contributed by atoms with Gasteiger partial charge in [0.05, 0.1) is 12.8 Å². The van der Waals surface area contributed by atoms with Crippen molar-refractivity contribution >= 4 is 51.2 Å². The molecule has 0 aromatic heterocycles. The van der Waals surface area contributed by atoms with Crippen molar-refractivity contribution in [3.63, 3.8) is 0 Å². The molecular formula is C26H22IN3O2. The third-order valence-corrected chi connectivity index (χ3v) is 5.55. The van der Waals surface area contributed by atoms with E-state index in [2.05, 4.69) is 62.7 Å². The standard InChI is InChI=1S/C26H22IN3O2/c27-22-11-13-23(14-12-22)28-17-26(31)30-29-16-19-5-3-9-24(15-19)32-18-21-8-4-7-20-6-1-2-10-25(20)21/h1-16,28H,17-18H2,(H,30,31)/b29-16-. The van der Waals surface area contributed by atoms with E-state index < -0.39 is 0 Å². The van der Waals surface area contributed by atoms with E-state index in [1.807, 2.05) is 66.7 Å². The van der Waals surface area contributed by atoms with Gasteiger partial charge in [-0.15, -0.1) is 0 Å². The highest BCUT2D eigenvalue weighted by molar-refractivity contribution is 14.1. The molecule has 0 aliphatic heterocycles. The number of fused-ring (bicyclic) bond motifs is 1. The molecule has 0 unspecified atom stereocenters. The van der Waals surface area contributed by atoms with Gasteiger partial charge in [-0.2, -0.15) is 5.10 Å². The number of halogens is 1. The first-order chi connectivity index (χ1) is 15.7. The lowest BCUT2D eigenvalue weighted by Crippen LogP contribution is -2.25. The van der Waals surface area contributed by atoms with Crippen molar-refractivity contribution in [1.82, 2.24) is 5.43 Å². The SMILES string of the molecule is O=C(CNc1ccc(I)cc1)N/N=C\c1cccc(OCc2cccc3ccccc23)c1. The smallest absolute Gasteiger partial charge is 0.259 e. The second-order valence-corrected chi connectivity index (χ2v) is 8.40. The molecule has 0 heterocycles. The summed E-state index contributed by atoms with van der Waals surface area (Å²) in [6.45, 7) is 0.620. The van der Waals surface area contributed by atoms with Crippen LogP contribution in [0.3, 0.4) is 0 Å². The van der Waals surface area contributed by atoms with Crippen molar-refractivity contribution in [3.05, 3.63) is 106 Å². The summed E-state index contributed by atoms with van der Waals surface area (Å²) >= 11 is 2.24. The molecule has 4 aromatic carbocycles. The lowest BCUT2D eigenvalue weighted by Gasteiger charge is -2.09. The Kier molecular flexibility index (Phi) is 7.34. The van der Waals surface area contributed by atoms with Crippen LogP contribution in [0.25, 0.3) is 10.8 Å². The van der Waals surface area contributed by atoms with E-state index in [0.717, 1.165) is 26.1 Å². The van der Waals surface area contributed by atoms with Gasteiger partial charge in [-0.25, -0.2) is 5.43 Å². The summed E-state index contributed by atoms with van der Waals surface area (Å²) in [4.78, 5) is 12.0. The van der Waals surface area contributed by atoms with Crippen LogP contribution in [0.1, 0.15) is 11.1 Å². The van der Waals surface area contributed by atoms with E-state index in [0.29, 0.717) is 6.61 Å². The first-order valence-electron chi connectivity index (χ1n) is 10.2. The number of hydrogen-bond donors (Lipinski definition) is 2. The van der Waals surface area contributed by atoms with E-state index in [-0.39, 0.29) is 12.5 Å². The highest BCUT2D eigenvalue weighted by Crippen LogP contribution is 2.21. The highest BCUT2D eigenvalue weighted by Gasteiger charge is 2.03. The minimum atomic E-state index is -0.219. The maximum Gasteiger partial charge on any atom is 0.259 e. The molecule has 0 radical (unpaired) electrons. The zero-order chi connectivity index (χ0) is 22.2. The quantitative estimate of drug-likeness (QED) is 0.176. The van der Waals surface area contributed by atoms with E-state index in [4.69, 9.17) is 4.74 Å². The third-order valence-electron chi connectivity index (χ3n) is 4.83. The number of nitrogens with one attached hydrogen (secondary N) is 2. The molecular weight excluding hydrogens is 513 g/mol. The fourth-order valence-electron chi connectivity index (χ4n) is 3.23. The van der Waals surface area contributed by atoms with Gasteiger partial charge in [0, 0.05) is 9.26 Å². The van der Waals surface area contributed by atoms with Gasteiger partial charge in [0.15, 0.2) is 0 Å². The Morgan fingerprint density at radius 2 is 1.72 bits per heavy atom. The van der Waals surface area contributed by atoms with Crippen LogP contribution in [0.4, 0.5) is 5.69 Å². The van der Waals surface area contributed by atoms with Crippen LogP contribution in [0.5, 0.6) is 5.75 Å². The fourth-order valence-corrected chi connectivity index (χ4v) is 3.59. The van der Waals surface area contributed by atoms with Crippen LogP contribution in [0.2, 0.25) is 0 Å². The normalized spacial score (nSPS) is 10.9. The molecule has 0 saturated carbocycles. The number of amides is 1. The maximum atomic E-state index is 12.0. The lowest BCUT2D eigenvalue weighted by atomic mass is 10.1. The summed E-state index contributed by atoms with van der Waals surface area (Å²) in [5, 5.41) is 9.50. The molecule has 0 aliphatic rings. The molecule has 4 rings (SSSR count). The van der Waals surface area contributed by atoms with Crippen molar-refractivity contribution in [2.24, 2.45) is 5.10 Å². The van der Waals surface area contributed by atoms with Crippen LogP contribution in [0.15, 0.2) is 96.1 Å². The molecule has 32 heavy (non-hydrogen) atoms. The summed E-state index contributed by atoms with van der Waals surface area (Å²) < 4.78 is 7.15. The van der Waals surface area contributed by atoms with E-state index in [1.165, 1.54) is 10.8 Å². The molecule has 5 nitrogen and oxygen atoms in total. The number of nitrogens with zero attached hydrogens (tertiary/aromatic N) is 1. The number of carbonyl (C=O) groups is 1. The molecule has 4 aromatic rings. The van der Waals surface area contributed by atoms with Crippen LogP contribution in [-0.4, -0.2) is 18.7 Å². The topological polar surface area (TPSA) is 62.7 Å². The zero-order valence-electron chi connectivity index (χ0n) is 17.3. The average Bonchev–Trinajstić information content (AvgIpc) is 2.83. The largest absolute Gasteiger partial charge is 0.489 e. The monoisotopic (exact) mass is 535 g/mol. The van der Waals surface area contributed by atoms with Crippen molar-refractivity contribution in [2.45, 2.75) is 6.61 Å². The minimum absolute atomic E-state index is 0.145. The molecule has 0 fully saturated rings. The molecule has 0 aliphatic carbocycles. The van der Waals surface area contributed by atoms with Crippen molar-refractivity contribution < 1.29 is 9.53 Å². The number of hydrazone groups is 1. The first-order valence-corrected chi connectivity index (χ1v) is 11.3. The second-order valence-electron chi connectivity index (χ2n) is 7.15. The summed E-state index contributed by atoms with van der Waals surface area (Å²) in [5.41, 5.74) is 5.40. The Balaban J connectivity index is 1.30. The van der Waals surface area contributed by atoms with Gasteiger partial charge in [-0.05, 0) is 80.9 Å². The zero-order valence-corrected chi connectivity index (χ0v) is 19.5. The summed E-state index contributed by atoms with van der Waals surface area (Å²) in [7, 11) is 0. The predicted molar refractivity (Wildman–Crippen MR) is 138 cm³/mol. The number of ether oxygens (including phenoxy) is 1. The van der Waals surface area contributed by atoms with Gasteiger partial charge >= 0.3 is 0 Å². The van der Waals surface area contributed by atoms with Crippen LogP contribution >= 0.6 is 22.6 Å². The Labute approximate surface area is 200 Å². The van der Waals surface area contributed by atoms with E-state index in [9.17, 15) is 4.79 Å². The molecule has 2 N–H and O–H groups in total. The molecule has 0 bridgehead atoms. The van der Waals surface area contributed by atoms with Crippen LogP contribution in [-0.2, 0) is 11.4 Å². The van der Waals surface area contributed by atoms with E-state index in [1.54, 1.807) is 6.21 Å². The molecule has 0 saturated heterocycles. The molecule has 6 heteroatoms. The Hall–Kier alpha value is -3.39. The summed E-state index contributed by atoms with van der Waals surface area (Å²) in [6.07, 6.45) is 1.60. The fraction of sp³-hybridized carbons (Fsp3) is 0.0769. The Morgan fingerprint density at radius 1 is 0.938 bits per heavy atom. The number of hydrogen-bond acceptors (Lipinski definition) is 4. The van der Waals surface area contributed by atoms with Crippen molar-refractivity contribution in [1.29, 1.82) is 0 Å². The van der Waals surface area contributed by atoms with Gasteiger partial charge in [-0.3, -0.25) is 4.79 Å². The average molecular weight is 535 g/mol. The van der Waals surface area contributed by atoms with Crippen LogP contribution in [0, 0.1) is 3.57 Å². The van der Waals surface area contributed by atoms with E-state index >= 15 is 0 Å². The van der Waals surface area contributed by atoms with Crippen LogP contribution < -0.4 is 15.5 Å². The third kappa shape index (κ3) is 6.07. The number of benzene rings is 4. The lowest BCUT2D eigenvalue weighted by molar-refractivity contribution is -0.119. The number of rotatable bonds is 8. The second kappa shape index (κ2) is 10.8. The summed E-state index contributed by atoms with van der Waals surface area (Å²) in [6, 6.07) is 29.9. The minimum Gasteiger partial charge on any atom is -0.489 e. The Bertz CT molecular complexity index is 1230. The number of anilines is 1. The van der Waals surface area contributed by atoms with Gasteiger partial charge in [0.25, 0.3) is 5.91 Å². The first kappa shape index (κ1) is 21.8. The molecule has 160 valence electrons. The highest BCUT2D eigenvalue weighted by atomic mass is 127. The van der Waals surface area contributed by atoms with Gasteiger partial charge in [-0.1, -0.05) is 54.6 Å². The molecule has 0 atom stereocenters. The summed E-state index contributed by atoms with van der Waals surface area (Å²) in [5.74, 6) is 0.525. The maximum absolute atomic E-state index is 12.0. The van der Waals surface area contributed by atoms with Crippen molar-refractivity contribution in [2.75, 3.05) is 11.9 Å². The predicted octanol–water partition coefficient (Wildman–Crippen LogP) is 5.59. The Morgan fingerprint density at radius 3 is 2.59 bits per heavy atom. The van der Waals surface area contributed by atoms with Gasteiger partial charge in [0.1, 0.15) is 12.4 Å². The molecule has 1 amide bonds. The molecule has 0 spiro atoms.